The SMILES string of the molecule is Nc1cc(C(=O)Nc2nc(C3CCC3)cs2)ccn1. The van der Waals surface area contributed by atoms with Gasteiger partial charge in [0.15, 0.2) is 5.13 Å². The van der Waals surface area contributed by atoms with Crippen molar-refractivity contribution in [1.29, 1.82) is 0 Å². The van der Waals surface area contributed by atoms with Crippen LogP contribution in [0.3, 0.4) is 0 Å². The summed E-state index contributed by atoms with van der Waals surface area (Å²) < 4.78 is 0. The molecule has 2 aromatic rings. The van der Waals surface area contributed by atoms with Crippen LogP contribution in [-0.2, 0) is 0 Å². The van der Waals surface area contributed by atoms with Crippen LogP contribution in [0, 0.1) is 0 Å². The maximum absolute atomic E-state index is 12.0. The van der Waals surface area contributed by atoms with Crippen LogP contribution in [0.4, 0.5) is 10.9 Å². The zero-order chi connectivity index (χ0) is 13.2. The summed E-state index contributed by atoms with van der Waals surface area (Å²) in [5, 5.41) is 5.46. The van der Waals surface area contributed by atoms with Gasteiger partial charge < -0.3 is 5.73 Å². The average molecular weight is 274 g/mol. The Morgan fingerprint density at radius 1 is 1.47 bits per heavy atom. The summed E-state index contributed by atoms with van der Waals surface area (Å²) in [6.45, 7) is 0. The zero-order valence-corrected chi connectivity index (χ0v) is 11.1. The lowest BCUT2D eigenvalue weighted by Crippen LogP contribution is -2.13. The van der Waals surface area contributed by atoms with Gasteiger partial charge in [0, 0.05) is 23.1 Å². The molecule has 3 N–H and O–H groups in total. The van der Waals surface area contributed by atoms with Crippen LogP contribution in [0.5, 0.6) is 0 Å². The third kappa shape index (κ3) is 2.58. The molecule has 0 aliphatic heterocycles. The molecule has 1 amide bonds. The molecule has 98 valence electrons. The standard InChI is InChI=1S/C13H14N4OS/c14-11-6-9(4-5-15-11)12(18)17-13-16-10(7-19-13)8-2-1-3-8/h4-8H,1-3H2,(H2,14,15)(H,16,17,18). The van der Waals surface area contributed by atoms with E-state index in [4.69, 9.17) is 5.73 Å². The van der Waals surface area contributed by atoms with Gasteiger partial charge in [0.25, 0.3) is 5.91 Å². The van der Waals surface area contributed by atoms with Crippen molar-refractivity contribution < 1.29 is 4.79 Å². The largest absolute Gasteiger partial charge is 0.384 e. The highest BCUT2D eigenvalue weighted by molar-refractivity contribution is 7.14. The van der Waals surface area contributed by atoms with Crippen molar-refractivity contribution in [3.8, 4) is 0 Å². The molecule has 1 aliphatic rings. The predicted molar refractivity (Wildman–Crippen MR) is 75.3 cm³/mol. The number of carbonyl (C=O) groups excluding carboxylic acids is 1. The first-order valence-electron chi connectivity index (χ1n) is 6.20. The van der Waals surface area contributed by atoms with Gasteiger partial charge in [0.1, 0.15) is 5.82 Å². The lowest BCUT2D eigenvalue weighted by molar-refractivity contribution is 0.102. The van der Waals surface area contributed by atoms with E-state index in [9.17, 15) is 4.79 Å². The van der Waals surface area contributed by atoms with E-state index in [-0.39, 0.29) is 5.91 Å². The average Bonchev–Trinajstić information content (AvgIpc) is 2.75. The number of anilines is 2. The Hall–Kier alpha value is -1.95. The molecule has 2 heterocycles. The van der Waals surface area contributed by atoms with Gasteiger partial charge in [0.2, 0.25) is 0 Å². The predicted octanol–water partition coefficient (Wildman–Crippen LogP) is 2.64. The van der Waals surface area contributed by atoms with Crippen LogP contribution < -0.4 is 11.1 Å². The maximum atomic E-state index is 12.0. The van der Waals surface area contributed by atoms with E-state index in [0.29, 0.717) is 22.4 Å². The van der Waals surface area contributed by atoms with Crippen molar-refractivity contribution in [2.24, 2.45) is 0 Å². The molecule has 6 heteroatoms. The van der Waals surface area contributed by atoms with Crippen LogP contribution in [0.2, 0.25) is 0 Å². The summed E-state index contributed by atoms with van der Waals surface area (Å²) in [6.07, 6.45) is 5.21. The van der Waals surface area contributed by atoms with Crippen molar-refractivity contribution in [2.75, 3.05) is 11.1 Å². The lowest BCUT2D eigenvalue weighted by Gasteiger charge is -2.22. The monoisotopic (exact) mass is 274 g/mol. The zero-order valence-electron chi connectivity index (χ0n) is 10.3. The summed E-state index contributed by atoms with van der Waals surface area (Å²) in [6, 6.07) is 3.18. The molecule has 0 aromatic carbocycles. The first kappa shape index (κ1) is 12.1. The van der Waals surface area contributed by atoms with Crippen LogP contribution in [0.15, 0.2) is 23.7 Å². The van der Waals surface area contributed by atoms with E-state index < -0.39 is 0 Å². The molecular formula is C13H14N4OS. The number of nitrogens with zero attached hydrogens (tertiary/aromatic N) is 2. The highest BCUT2D eigenvalue weighted by atomic mass is 32.1. The molecule has 2 aromatic heterocycles. The van der Waals surface area contributed by atoms with Gasteiger partial charge in [0.05, 0.1) is 5.69 Å². The Kier molecular flexibility index (Phi) is 3.16. The fourth-order valence-corrected chi connectivity index (χ4v) is 2.78. The minimum atomic E-state index is -0.205. The van der Waals surface area contributed by atoms with Gasteiger partial charge in [-0.2, -0.15) is 0 Å². The summed E-state index contributed by atoms with van der Waals surface area (Å²) >= 11 is 1.46. The first-order chi connectivity index (χ1) is 9.22. The van der Waals surface area contributed by atoms with Crippen LogP contribution >= 0.6 is 11.3 Å². The second-order valence-corrected chi connectivity index (χ2v) is 5.49. The highest BCUT2D eigenvalue weighted by Gasteiger charge is 2.22. The molecule has 1 fully saturated rings. The molecule has 0 bridgehead atoms. The van der Waals surface area contributed by atoms with Gasteiger partial charge in [-0.05, 0) is 25.0 Å². The minimum absolute atomic E-state index is 0.205. The minimum Gasteiger partial charge on any atom is -0.384 e. The number of pyridine rings is 1. The molecule has 1 aliphatic carbocycles. The number of nitrogen functional groups attached to an aromatic ring is 1. The second-order valence-electron chi connectivity index (χ2n) is 4.63. The molecule has 19 heavy (non-hydrogen) atoms. The van der Waals surface area contributed by atoms with E-state index in [1.807, 2.05) is 5.38 Å². The van der Waals surface area contributed by atoms with E-state index in [0.717, 1.165) is 5.69 Å². The third-order valence-corrected chi connectivity index (χ3v) is 4.09. The van der Waals surface area contributed by atoms with Gasteiger partial charge in [-0.25, -0.2) is 9.97 Å². The summed E-state index contributed by atoms with van der Waals surface area (Å²) in [5.41, 5.74) is 7.15. The number of nitrogens with one attached hydrogen (secondary N) is 1. The number of nitrogens with two attached hydrogens (primary N) is 1. The molecule has 3 rings (SSSR count). The van der Waals surface area contributed by atoms with Crippen molar-refractivity contribution in [3.63, 3.8) is 0 Å². The van der Waals surface area contributed by atoms with Crippen LogP contribution in [0.25, 0.3) is 0 Å². The van der Waals surface area contributed by atoms with E-state index >= 15 is 0 Å². The van der Waals surface area contributed by atoms with Crippen LogP contribution in [-0.4, -0.2) is 15.9 Å². The molecule has 0 radical (unpaired) electrons. The molecule has 0 atom stereocenters. The summed E-state index contributed by atoms with van der Waals surface area (Å²) in [4.78, 5) is 20.3. The van der Waals surface area contributed by atoms with Gasteiger partial charge in [-0.3, -0.25) is 10.1 Å². The first-order valence-corrected chi connectivity index (χ1v) is 7.08. The van der Waals surface area contributed by atoms with Crippen molar-refractivity contribution >= 4 is 28.2 Å². The van der Waals surface area contributed by atoms with E-state index in [1.165, 1.54) is 36.8 Å². The Morgan fingerprint density at radius 2 is 2.32 bits per heavy atom. The van der Waals surface area contributed by atoms with Crippen molar-refractivity contribution in [3.05, 3.63) is 35.0 Å². The normalized spacial score (nSPS) is 14.9. The topological polar surface area (TPSA) is 80.9 Å². The molecule has 1 saturated carbocycles. The number of carbonyl (C=O) groups is 1. The molecule has 0 unspecified atom stereocenters. The Balaban J connectivity index is 1.70. The Bertz CT molecular complexity index is 606. The van der Waals surface area contributed by atoms with Crippen molar-refractivity contribution in [1.82, 2.24) is 9.97 Å². The number of aromatic nitrogens is 2. The number of hydrogen-bond acceptors (Lipinski definition) is 5. The molecule has 5 nitrogen and oxygen atoms in total. The summed E-state index contributed by atoms with van der Waals surface area (Å²) in [7, 11) is 0. The molecule has 0 saturated heterocycles. The number of amides is 1. The second kappa shape index (κ2) is 4.97. The maximum Gasteiger partial charge on any atom is 0.257 e. The molecule has 0 spiro atoms. The van der Waals surface area contributed by atoms with Gasteiger partial charge in [-0.1, -0.05) is 6.42 Å². The van der Waals surface area contributed by atoms with Crippen molar-refractivity contribution in [2.45, 2.75) is 25.2 Å². The Labute approximate surface area is 114 Å². The van der Waals surface area contributed by atoms with Gasteiger partial charge in [-0.15, -0.1) is 11.3 Å². The van der Waals surface area contributed by atoms with Gasteiger partial charge >= 0.3 is 0 Å². The fraction of sp³-hybridized carbons (Fsp3) is 0.308. The third-order valence-electron chi connectivity index (χ3n) is 3.31. The number of thiazole rings is 1. The Morgan fingerprint density at radius 3 is 3.00 bits per heavy atom. The van der Waals surface area contributed by atoms with E-state index in [1.54, 1.807) is 12.1 Å². The summed E-state index contributed by atoms with van der Waals surface area (Å²) in [5.74, 6) is 0.712. The van der Waals surface area contributed by atoms with E-state index in [2.05, 4.69) is 15.3 Å². The lowest BCUT2D eigenvalue weighted by atomic mass is 9.83. The fourth-order valence-electron chi connectivity index (χ4n) is 1.99. The highest BCUT2D eigenvalue weighted by Crippen LogP contribution is 2.37. The van der Waals surface area contributed by atoms with Crippen LogP contribution in [0.1, 0.15) is 41.2 Å². The quantitative estimate of drug-likeness (QED) is 0.901. The number of hydrogen-bond donors (Lipinski definition) is 2. The number of rotatable bonds is 3. The molecular weight excluding hydrogens is 260 g/mol. The smallest absolute Gasteiger partial charge is 0.257 e.